The Labute approximate surface area is 102 Å². The molecule has 0 amide bonds. The van der Waals surface area contributed by atoms with Gasteiger partial charge in [-0.3, -0.25) is 0 Å². The van der Waals surface area contributed by atoms with Crippen molar-refractivity contribution in [2.24, 2.45) is 0 Å². The van der Waals surface area contributed by atoms with Gasteiger partial charge in [-0.1, -0.05) is 0 Å². The van der Waals surface area contributed by atoms with Gasteiger partial charge in [-0.15, -0.1) is 0 Å². The Morgan fingerprint density at radius 1 is 0.933 bits per heavy atom. The molecule has 0 unspecified atom stereocenters. The average molecular weight is 218 g/mol. The van der Waals surface area contributed by atoms with Crippen molar-refractivity contribution in [2.75, 3.05) is 0 Å². The smallest absolute Gasteiger partial charge is 1.00 e. The number of rotatable bonds is 8. The molecule has 0 aliphatic carbocycles. The minimum absolute atomic E-state index is 0. The molecule has 0 aliphatic heterocycles. The van der Waals surface area contributed by atoms with E-state index in [-0.39, 0.29) is 1.43 Å². The van der Waals surface area contributed by atoms with E-state index in [1.54, 1.807) is 4.43 Å². The third-order valence-electron chi connectivity index (χ3n) is 2.74. The predicted molar refractivity (Wildman–Crippen MR) is 71.1 cm³/mol. The Hall–Kier alpha value is -0.248. The minimum atomic E-state index is 0. The van der Waals surface area contributed by atoms with Crippen LogP contribution in [0.15, 0.2) is 30.3 Å². The van der Waals surface area contributed by atoms with E-state index in [9.17, 15) is 0 Å². The molecule has 1 heteroatoms. The van der Waals surface area contributed by atoms with Crippen LogP contribution in [0.1, 0.15) is 46.9 Å². The maximum atomic E-state index is 2.28. The molecule has 15 heavy (non-hydrogen) atoms. The van der Waals surface area contributed by atoms with E-state index in [0.29, 0.717) is 15.2 Å². The molecule has 1 rings (SSSR count). The van der Waals surface area contributed by atoms with Crippen molar-refractivity contribution >= 4 is 19.6 Å². The van der Waals surface area contributed by atoms with Gasteiger partial charge in [0.1, 0.15) is 0 Å². The van der Waals surface area contributed by atoms with Crippen molar-refractivity contribution in [1.82, 2.24) is 0 Å². The SMILES string of the molecule is CCCCCCC[CH2][Al+][c]1ccccc1.[H-]. The second kappa shape index (κ2) is 9.01. The summed E-state index contributed by atoms with van der Waals surface area (Å²) in [5, 5.41) is 1.44. The van der Waals surface area contributed by atoms with Crippen LogP contribution in [0.25, 0.3) is 0 Å². The monoisotopic (exact) mass is 218 g/mol. The van der Waals surface area contributed by atoms with Gasteiger partial charge in [0.15, 0.2) is 0 Å². The molecule has 0 bridgehead atoms. The van der Waals surface area contributed by atoms with Gasteiger partial charge in [-0.05, 0) is 0 Å². The van der Waals surface area contributed by atoms with Gasteiger partial charge < -0.3 is 1.43 Å². The van der Waals surface area contributed by atoms with E-state index >= 15 is 0 Å². The number of hydrogen-bond donors (Lipinski definition) is 0. The minimum Gasteiger partial charge on any atom is -1.00 e. The molecule has 0 saturated heterocycles. The van der Waals surface area contributed by atoms with Gasteiger partial charge in [-0.25, -0.2) is 0 Å². The molecule has 0 aromatic heterocycles. The van der Waals surface area contributed by atoms with Crippen LogP contribution in [0.5, 0.6) is 0 Å². The normalized spacial score (nSPS) is 9.93. The summed E-state index contributed by atoms with van der Waals surface area (Å²) in [6.07, 6.45) is 8.55. The summed E-state index contributed by atoms with van der Waals surface area (Å²) in [5.41, 5.74) is 0. The van der Waals surface area contributed by atoms with Crippen LogP contribution < -0.4 is 4.43 Å². The molecule has 0 heterocycles. The summed E-state index contributed by atoms with van der Waals surface area (Å²) in [4.78, 5) is 0. The third-order valence-corrected chi connectivity index (χ3v) is 4.29. The molecule has 0 N–H and O–H groups in total. The van der Waals surface area contributed by atoms with Gasteiger partial charge >= 0.3 is 101 Å². The van der Waals surface area contributed by atoms with E-state index < -0.39 is 0 Å². The quantitative estimate of drug-likeness (QED) is 0.458. The molecular formula is C14H23Al. The second-order valence-electron chi connectivity index (χ2n) is 4.17. The first-order valence-corrected chi connectivity index (χ1v) is 7.71. The molecule has 0 aliphatic rings. The molecule has 0 nitrogen and oxygen atoms in total. The first-order valence-electron chi connectivity index (χ1n) is 6.31. The maximum absolute atomic E-state index is 2.28. The first-order chi connectivity index (χ1) is 7.43. The molecule has 1 aromatic rings. The largest absolute Gasteiger partial charge is 1.00 e. The van der Waals surface area contributed by atoms with Crippen LogP contribution in [0.3, 0.4) is 0 Å². The Balaban J connectivity index is 0.00000225. The fourth-order valence-electron chi connectivity index (χ4n) is 1.78. The Morgan fingerprint density at radius 3 is 2.33 bits per heavy atom. The molecule has 0 spiro atoms. The van der Waals surface area contributed by atoms with Crippen molar-refractivity contribution in [3.8, 4) is 0 Å². The number of unbranched alkanes of at least 4 members (excludes halogenated alkanes) is 5. The standard InChI is InChI=1S/C8H17.C6H5.Al.H/c1-3-5-7-8-6-4-2;1-2-4-6-5-3-1;;/h1,3-8H2,2H3;1-5H;;/q;;+1;-1. The first kappa shape index (κ1) is 12.8. The fraction of sp³-hybridized carbons (Fsp3) is 0.571. The third kappa shape index (κ3) is 6.77. The maximum Gasteiger partial charge on any atom is -1.00 e. The summed E-state index contributed by atoms with van der Waals surface area (Å²) in [5.74, 6) is 0. The van der Waals surface area contributed by atoms with Crippen molar-refractivity contribution < 1.29 is 1.43 Å². The summed E-state index contributed by atoms with van der Waals surface area (Å²) in [6, 6.07) is 11.0. The van der Waals surface area contributed by atoms with Crippen molar-refractivity contribution in [3.05, 3.63) is 30.3 Å². The number of hydrogen-bond acceptors (Lipinski definition) is 0. The Bertz CT molecular complexity index is 236. The van der Waals surface area contributed by atoms with Crippen LogP contribution in [-0.4, -0.2) is 15.2 Å². The summed E-state index contributed by atoms with van der Waals surface area (Å²) in [6.45, 7) is 2.28. The van der Waals surface area contributed by atoms with E-state index in [2.05, 4.69) is 37.3 Å². The second-order valence-corrected chi connectivity index (χ2v) is 5.82. The van der Waals surface area contributed by atoms with Gasteiger partial charge in [0, 0.05) is 0 Å². The Kier molecular flexibility index (Phi) is 7.70. The zero-order valence-electron chi connectivity index (χ0n) is 10.9. The Morgan fingerprint density at radius 2 is 1.60 bits per heavy atom. The van der Waals surface area contributed by atoms with Crippen LogP contribution in [-0.2, 0) is 0 Å². The van der Waals surface area contributed by atoms with Crippen molar-refractivity contribution in [3.63, 3.8) is 0 Å². The molecule has 0 saturated carbocycles. The summed E-state index contributed by atoms with van der Waals surface area (Å²) < 4.78 is 1.58. The van der Waals surface area contributed by atoms with Crippen LogP contribution in [0, 0.1) is 0 Å². The van der Waals surface area contributed by atoms with E-state index in [0.717, 1.165) is 0 Å². The summed E-state index contributed by atoms with van der Waals surface area (Å²) >= 11 is 0.533. The molecule has 1 aromatic carbocycles. The van der Waals surface area contributed by atoms with Gasteiger partial charge in [0.2, 0.25) is 0 Å². The zero-order valence-corrected chi connectivity index (χ0v) is 11.1. The van der Waals surface area contributed by atoms with E-state index in [1.807, 2.05) is 0 Å². The van der Waals surface area contributed by atoms with Crippen LogP contribution >= 0.6 is 0 Å². The molecule has 82 valence electrons. The van der Waals surface area contributed by atoms with Gasteiger partial charge in [0.25, 0.3) is 0 Å². The number of benzene rings is 1. The molecule has 0 atom stereocenters. The van der Waals surface area contributed by atoms with Crippen LogP contribution in [0.4, 0.5) is 0 Å². The summed E-state index contributed by atoms with van der Waals surface area (Å²) in [7, 11) is 0. The van der Waals surface area contributed by atoms with Crippen LogP contribution in [0.2, 0.25) is 5.28 Å². The van der Waals surface area contributed by atoms with E-state index in [1.165, 1.54) is 43.8 Å². The fourth-order valence-corrected chi connectivity index (χ4v) is 3.10. The van der Waals surface area contributed by atoms with Crippen molar-refractivity contribution in [2.45, 2.75) is 50.7 Å². The topological polar surface area (TPSA) is 0 Å². The van der Waals surface area contributed by atoms with Crippen molar-refractivity contribution in [1.29, 1.82) is 0 Å². The predicted octanol–water partition coefficient (Wildman–Crippen LogP) is 3.91. The van der Waals surface area contributed by atoms with E-state index in [4.69, 9.17) is 0 Å². The molecule has 0 radical (unpaired) electrons. The molecule has 0 fully saturated rings. The molecular weight excluding hydrogens is 195 g/mol. The van der Waals surface area contributed by atoms with Gasteiger partial charge in [0.05, 0.1) is 0 Å². The van der Waals surface area contributed by atoms with Gasteiger partial charge in [-0.2, -0.15) is 0 Å². The average Bonchev–Trinajstić information content (AvgIpc) is 2.29. The zero-order chi connectivity index (χ0) is 10.8.